The first kappa shape index (κ1) is 20.6. The number of rotatable bonds is 5. The summed E-state index contributed by atoms with van der Waals surface area (Å²) in [7, 11) is -4.04. The lowest BCUT2D eigenvalue weighted by molar-refractivity contribution is -0.0641. The van der Waals surface area contributed by atoms with Gasteiger partial charge in [-0.15, -0.1) is 0 Å². The van der Waals surface area contributed by atoms with E-state index < -0.39 is 40.7 Å². The van der Waals surface area contributed by atoms with Crippen molar-refractivity contribution < 1.29 is 27.8 Å². The summed E-state index contributed by atoms with van der Waals surface area (Å²) in [6.07, 6.45) is 0.178. The quantitative estimate of drug-likeness (QED) is 0.643. The zero-order valence-electron chi connectivity index (χ0n) is 14.3. The van der Waals surface area contributed by atoms with Crippen molar-refractivity contribution in [1.82, 2.24) is 9.29 Å². The minimum Gasteiger partial charge on any atom is -0.486 e. The summed E-state index contributed by atoms with van der Waals surface area (Å²) in [5.41, 5.74) is -2.08. The van der Waals surface area contributed by atoms with E-state index in [1.54, 1.807) is 0 Å². The fourth-order valence-corrected chi connectivity index (χ4v) is 4.42. The number of ether oxygens (including phenoxy) is 1. The molecule has 2 N–H and O–H groups in total. The number of aromatic nitrogens is 1. The highest BCUT2D eigenvalue weighted by Crippen LogP contribution is 2.31. The number of aliphatic hydroxyl groups excluding tert-OH is 1. The van der Waals surface area contributed by atoms with E-state index >= 15 is 0 Å². The predicted molar refractivity (Wildman–Crippen MR) is 99.8 cm³/mol. The molecular weight excluding hydrogens is 457 g/mol. The van der Waals surface area contributed by atoms with Crippen LogP contribution in [0.2, 0.25) is 0 Å². The number of halogens is 2. The van der Waals surface area contributed by atoms with Crippen LogP contribution < -0.4 is 4.74 Å². The van der Waals surface area contributed by atoms with Crippen LogP contribution in [0, 0.1) is 12.4 Å². The Morgan fingerprint density at radius 3 is 2.75 bits per heavy atom. The van der Waals surface area contributed by atoms with Gasteiger partial charge in [0.25, 0.3) is 10.0 Å². The molecule has 1 fully saturated rings. The van der Waals surface area contributed by atoms with Crippen molar-refractivity contribution in [2.75, 3.05) is 19.7 Å². The molecule has 3 rings (SSSR count). The Bertz CT molecular complexity index is 1030. The van der Waals surface area contributed by atoms with E-state index in [0.29, 0.717) is 4.47 Å². The van der Waals surface area contributed by atoms with Gasteiger partial charge in [0.1, 0.15) is 23.3 Å². The Morgan fingerprint density at radius 1 is 1.43 bits per heavy atom. The average molecular weight is 472 g/mol. The van der Waals surface area contributed by atoms with E-state index in [4.69, 9.17) is 11.3 Å². The van der Waals surface area contributed by atoms with Crippen LogP contribution in [0.15, 0.2) is 46.0 Å². The van der Waals surface area contributed by atoms with E-state index in [9.17, 15) is 23.0 Å². The fourth-order valence-electron chi connectivity index (χ4n) is 2.77. The van der Waals surface area contributed by atoms with Gasteiger partial charge in [0.15, 0.2) is 5.03 Å². The second kappa shape index (κ2) is 7.73. The molecule has 0 bridgehead atoms. The minimum absolute atomic E-state index is 0.00258. The topological polar surface area (TPSA) is 104 Å². The van der Waals surface area contributed by atoms with Crippen LogP contribution in [-0.2, 0) is 10.0 Å². The molecule has 0 radical (unpaired) electrons. The first-order valence-electron chi connectivity index (χ1n) is 7.98. The molecule has 2 heterocycles. The number of sulfonamides is 1. The Hall–Kier alpha value is -2.10. The molecule has 11 heteroatoms. The Balaban J connectivity index is 1.86. The van der Waals surface area contributed by atoms with Crippen molar-refractivity contribution in [1.29, 1.82) is 0 Å². The third-order valence-corrected chi connectivity index (χ3v) is 6.51. The number of benzene rings is 1. The molecule has 2 aromatic rings. The average Bonchev–Trinajstić information content (AvgIpc) is 3.00. The zero-order chi connectivity index (χ0) is 20.5. The number of hydrogen-bond acceptors (Lipinski definition) is 6. The van der Waals surface area contributed by atoms with Crippen LogP contribution >= 0.6 is 15.9 Å². The molecule has 0 spiro atoms. The Labute approximate surface area is 169 Å². The highest BCUT2D eigenvalue weighted by atomic mass is 79.9. The maximum Gasteiger partial charge on any atom is 0.260 e. The largest absolute Gasteiger partial charge is 0.486 e. The Kier molecular flexibility index (Phi) is 5.69. The molecule has 0 aliphatic carbocycles. The first-order chi connectivity index (χ1) is 13.2. The van der Waals surface area contributed by atoms with E-state index in [2.05, 4.69) is 25.8 Å². The van der Waals surface area contributed by atoms with Crippen molar-refractivity contribution in [3.63, 3.8) is 0 Å². The SMILES string of the molecule is [C-]#[N+]c1ccc(O[C@H]2CN(S(=O)(=O)c3ccc(Br)cn3)C[C@@]2(O)CO)cc1F. The number of β-amino-alcohol motifs (C(OH)–C–C–N with tert-alkyl or cyclic N) is 1. The highest BCUT2D eigenvalue weighted by Gasteiger charge is 2.51. The summed E-state index contributed by atoms with van der Waals surface area (Å²) in [6.45, 7) is 5.39. The number of hydrogen-bond donors (Lipinski definition) is 2. The molecule has 1 aromatic heterocycles. The van der Waals surface area contributed by atoms with Gasteiger partial charge >= 0.3 is 0 Å². The molecule has 1 saturated heterocycles. The summed E-state index contributed by atoms with van der Waals surface area (Å²) in [5, 5.41) is 20.1. The van der Waals surface area contributed by atoms with Gasteiger partial charge in [-0.25, -0.2) is 22.6 Å². The van der Waals surface area contributed by atoms with Gasteiger partial charge < -0.3 is 14.9 Å². The lowest BCUT2D eigenvalue weighted by Crippen LogP contribution is -2.48. The van der Waals surface area contributed by atoms with Crippen molar-refractivity contribution in [2.45, 2.75) is 16.7 Å². The van der Waals surface area contributed by atoms with E-state index in [1.165, 1.54) is 30.5 Å². The Morgan fingerprint density at radius 2 is 2.18 bits per heavy atom. The van der Waals surface area contributed by atoms with E-state index in [1.807, 2.05) is 0 Å². The van der Waals surface area contributed by atoms with Crippen LogP contribution in [0.5, 0.6) is 5.75 Å². The van der Waals surface area contributed by atoms with Crippen molar-refractivity contribution in [3.05, 3.63) is 58.2 Å². The van der Waals surface area contributed by atoms with Gasteiger partial charge in [-0.05, 0) is 40.2 Å². The third kappa shape index (κ3) is 3.87. The summed E-state index contributed by atoms with van der Waals surface area (Å²) < 4.78 is 46.5. The summed E-state index contributed by atoms with van der Waals surface area (Å²) in [6, 6.07) is 6.35. The fraction of sp³-hybridized carbons (Fsp3) is 0.294. The second-order valence-electron chi connectivity index (χ2n) is 6.21. The van der Waals surface area contributed by atoms with Gasteiger partial charge in [0.05, 0.1) is 19.7 Å². The van der Waals surface area contributed by atoms with Gasteiger partial charge in [0, 0.05) is 23.3 Å². The van der Waals surface area contributed by atoms with Crippen LogP contribution in [0.4, 0.5) is 10.1 Å². The molecule has 1 aliphatic rings. The van der Waals surface area contributed by atoms with E-state index in [-0.39, 0.29) is 23.0 Å². The van der Waals surface area contributed by atoms with Crippen molar-refractivity contribution >= 4 is 31.6 Å². The highest BCUT2D eigenvalue weighted by molar-refractivity contribution is 9.10. The number of pyridine rings is 1. The van der Waals surface area contributed by atoms with Gasteiger partial charge in [-0.3, -0.25) is 0 Å². The lowest BCUT2D eigenvalue weighted by atomic mass is 10.0. The maximum atomic E-state index is 13.8. The van der Waals surface area contributed by atoms with E-state index in [0.717, 1.165) is 10.4 Å². The zero-order valence-corrected chi connectivity index (χ0v) is 16.7. The molecule has 1 aromatic carbocycles. The monoisotopic (exact) mass is 471 g/mol. The summed E-state index contributed by atoms with van der Waals surface area (Å²) in [5.74, 6) is -0.802. The molecule has 8 nitrogen and oxygen atoms in total. The van der Waals surface area contributed by atoms with Gasteiger partial charge in [-0.1, -0.05) is 0 Å². The molecule has 2 atom stereocenters. The minimum atomic E-state index is -4.04. The molecular formula is C17H15BrFN3O5S. The standard InChI is InChI=1S/C17H15BrFN3O5S/c1-20-14-4-3-12(6-13(14)19)27-15-8-22(9-17(15,24)10-23)28(25,26)16-5-2-11(18)7-21-16/h2-7,15,23-24H,8-10H2/t15-,17+/m0/s1. The molecule has 0 saturated carbocycles. The summed E-state index contributed by atoms with van der Waals surface area (Å²) in [4.78, 5) is 6.87. The smallest absolute Gasteiger partial charge is 0.260 e. The van der Waals surface area contributed by atoms with Gasteiger partial charge in [0.2, 0.25) is 5.69 Å². The van der Waals surface area contributed by atoms with Crippen molar-refractivity contribution in [2.24, 2.45) is 0 Å². The number of aliphatic hydroxyl groups is 2. The van der Waals surface area contributed by atoms with Crippen LogP contribution in [-0.4, -0.2) is 59.3 Å². The first-order valence-corrected chi connectivity index (χ1v) is 10.2. The molecule has 0 unspecified atom stereocenters. The van der Waals surface area contributed by atoms with Gasteiger partial charge in [-0.2, -0.15) is 4.31 Å². The van der Waals surface area contributed by atoms with Crippen molar-refractivity contribution in [3.8, 4) is 5.75 Å². The molecule has 148 valence electrons. The molecule has 0 amide bonds. The maximum absolute atomic E-state index is 13.8. The normalized spacial score (nSPS) is 22.8. The number of nitrogens with zero attached hydrogens (tertiary/aromatic N) is 3. The predicted octanol–water partition coefficient (Wildman–Crippen LogP) is 1.71. The third-order valence-electron chi connectivity index (χ3n) is 4.32. The van der Waals surface area contributed by atoms with Crippen LogP contribution in [0.25, 0.3) is 4.85 Å². The molecule has 28 heavy (non-hydrogen) atoms. The van der Waals surface area contributed by atoms with Crippen LogP contribution in [0.3, 0.4) is 0 Å². The second-order valence-corrected chi connectivity index (χ2v) is 9.01. The molecule has 1 aliphatic heterocycles. The van der Waals surface area contributed by atoms with Crippen LogP contribution in [0.1, 0.15) is 0 Å². The summed E-state index contributed by atoms with van der Waals surface area (Å²) >= 11 is 3.17. The lowest BCUT2D eigenvalue weighted by Gasteiger charge is -2.27.